The van der Waals surface area contributed by atoms with E-state index in [0.29, 0.717) is 12.5 Å². The Hall–Kier alpha value is -1.83. The van der Waals surface area contributed by atoms with Gasteiger partial charge in [0.15, 0.2) is 6.04 Å². The van der Waals surface area contributed by atoms with Crippen LogP contribution in [0.15, 0.2) is 0 Å². The van der Waals surface area contributed by atoms with Gasteiger partial charge >= 0.3 is 12.1 Å². The molecule has 0 aromatic rings. The van der Waals surface area contributed by atoms with Crippen molar-refractivity contribution < 1.29 is 29.0 Å². The molecule has 0 spiro atoms. The number of hydrogen-bond acceptors (Lipinski definition) is 5. The summed E-state index contributed by atoms with van der Waals surface area (Å²) < 4.78 is 10.7. The van der Waals surface area contributed by atoms with Gasteiger partial charge in [-0.15, -0.1) is 0 Å². The molecule has 8 nitrogen and oxygen atoms in total. The summed E-state index contributed by atoms with van der Waals surface area (Å²) in [4.78, 5) is 35.8. The van der Waals surface area contributed by atoms with Crippen molar-refractivity contribution in [2.45, 2.75) is 83.9 Å². The second-order valence-electron chi connectivity index (χ2n) is 8.66. The van der Waals surface area contributed by atoms with Gasteiger partial charge in [-0.3, -0.25) is 4.79 Å². The molecule has 0 unspecified atom stereocenters. The van der Waals surface area contributed by atoms with Gasteiger partial charge in [0.2, 0.25) is 5.91 Å². The van der Waals surface area contributed by atoms with Crippen molar-refractivity contribution in [3.63, 3.8) is 0 Å². The van der Waals surface area contributed by atoms with Gasteiger partial charge in [0.25, 0.3) is 0 Å². The highest BCUT2D eigenvalue weighted by Gasteiger charge is 2.34. The van der Waals surface area contributed by atoms with Crippen LogP contribution in [-0.4, -0.2) is 53.5 Å². The SMILES string of the molecule is CC(C)(C)OC(=O)NC(C)(C)C(=O)N[C@H](COCC1CCCCC1)C(=O)O. The number of rotatable bonds is 8. The highest BCUT2D eigenvalue weighted by molar-refractivity contribution is 5.92. The van der Waals surface area contributed by atoms with Gasteiger partial charge in [-0.05, 0) is 53.4 Å². The molecule has 2 amide bonds. The molecule has 1 atom stereocenters. The molecule has 0 bridgehead atoms. The number of carbonyl (C=O) groups is 3. The summed E-state index contributed by atoms with van der Waals surface area (Å²) in [5.41, 5.74) is -2.04. The number of carboxylic acid groups (broad SMARTS) is 1. The van der Waals surface area contributed by atoms with Crippen molar-refractivity contribution >= 4 is 18.0 Å². The van der Waals surface area contributed by atoms with Crippen LogP contribution in [0, 0.1) is 5.92 Å². The molecule has 1 aliphatic carbocycles. The average molecular weight is 386 g/mol. The van der Waals surface area contributed by atoms with Crippen molar-refractivity contribution in [3.05, 3.63) is 0 Å². The van der Waals surface area contributed by atoms with Crippen LogP contribution in [0.4, 0.5) is 4.79 Å². The van der Waals surface area contributed by atoms with E-state index in [-0.39, 0.29) is 6.61 Å². The molecule has 0 aliphatic heterocycles. The smallest absolute Gasteiger partial charge is 0.408 e. The molecule has 1 rings (SSSR count). The van der Waals surface area contributed by atoms with E-state index >= 15 is 0 Å². The summed E-state index contributed by atoms with van der Waals surface area (Å²) >= 11 is 0. The van der Waals surface area contributed by atoms with Crippen LogP contribution in [0.2, 0.25) is 0 Å². The highest BCUT2D eigenvalue weighted by Crippen LogP contribution is 2.23. The second kappa shape index (κ2) is 9.92. The number of carboxylic acids is 1. The maximum atomic E-state index is 12.4. The number of amides is 2. The second-order valence-corrected chi connectivity index (χ2v) is 8.66. The van der Waals surface area contributed by atoms with E-state index in [2.05, 4.69) is 10.6 Å². The summed E-state index contributed by atoms with van der Waals surface area (Å²) in [5.74, 6) is -1.35. The molecule has 0 aromatic carbocycles. The quantitative estimate of drug-likeness (QED) is 0.590. The number of aliphatic carboxylic acids is 1. The minimum atomic E-state index is -1.33. The van der Waals surface area contributed by atoms with E-state index in [1.165, 1.54) is 33.1 Å². The minimum absolute atomic E-state index is 0.111. The zero-order valence-electron chi connectivity index (χ0n) is 17.1. The van der Waals surface area contributed by atoms with E-state index in [1.54, 1.807) is 20.8 Å². The largest absolute Gasteiger partial charge is 0.480 e. The molecule has 8 heteroatoms. The first-order chi connectivity index (χ1) is 12.4. The van der Waals surface area contributed by atoms with Crippen molar-refractivity contribution in [2.75, 3.05) is 13.2 Å². The van der Waals surface area contributed by atoms with Crippen molar-refractivity contribution in [3.8, 4) is 0 Å². The average Bonchev–Trinajstić information content (AvgIpc) is 2.52. The first-order valence-corrected chi connectivity index (χ1v) is 9.53. The van der Waals surface area contributed by atoms with Gasteiger partial charge in [-0.25, -0.2) is 9.59 Å². The summed E-state index contributed by atoms with van der Waals surface area (Å²) in [6, 6.07) is -1.18. The predicted molar refractivity (Wildman–Crippen MR) is 100 cm³/mol. The molecular weight excluding hydrogens is 352 g/mol. The molecule has 1 saturated carbocycles. The third-order valence-corrected chi connectivity index (χ3v) is 4.35. The van der Waals surface area contributed by atoms with Crippen molar-refractivity contribution in [1.29, 1.82) is 0 Å². The molecule has 1 aliphatic rings. The van der Waals surface area contributed by atoms with Crippen LogP contribution in [-0.2, 0) is 19.1 Å². The Balaban J connectivity index is 2.52. The molecule has 27 heavy (non-hydrogen) atoms. The maximum absolute atomic E-state index is 12.4. The standard InChI is InChI=1S/C19H34N2O6/c1-18(2,3)27-17(25)21-19(4,5)16(24)20-14(15(22)23)12-26-11-13-9-7-6-8-10-13/h13-14H,6-12H2,1-5H3,(H,20,24)(H,21,25)(H,22,23)/t14-/m1/s1. The van der Waals surface area contributed by atoms with Crippen molar-refractivity contribution in [2.24, 2.45) is 5.92 Å². The number of nitrogens with one attached hydrogen (secondary N) is 2. The van der Waals surface area contributed by atoms with E-state index in [1.807, 2.05) is 0 Å². The van der Waals surface area contributed by atoms with E-state index in [4.69, 9.17) is 9.47 Å². The van der Waals surface area contributed by atoms with Gasteiger partial charge in [0.1, 0.15) is 11.1 Å². The summed E-state index contributed by atoms with van der Waals surface area (Å²) in [6.07, 6.45) is 5.04. The molecule has 0 heterocycles. The van der Waals surface area contributed by atoms with Crippen LogP contribution in [0.1, 0.15) is 66.7 Å². The molecule has 0 aromatic heterocycles. The summed E-state index contributed by atoms with van der Waals surface area (Å²) in [7, 11) is 0. The molecule has 3 N–H and O–H groups in total. The van der Waals surface area contributed by atoms with Crippen LogP contribution in [0.5, 0.6) is 0 Å². The Labute approximate surface area is 161 Å². The third-order valence-electron chi connectivity index (χ3n) is 4.35. The van der Waals surface area contributed by atoms with Crippen LogP contribution in [0.25, 0.3) is 0 Å². The maximum Gasteiger partial charge on any atom is 0.408 e. The molecule has 0 saturated heterocycles. The van der Waals surface area contributed by atoms with Gasteiger partial charge < -0.3 is 25.2 Å². The fraction of sp³-hybridized carbons (Fsp3) is 0.842. The van der Waals surface area contributed by atoms with Crippen LogP contribution >= 0.6 is 0 Å². The summed E-state index contributed by atoms with van der Waals surface area (Å²) in [6.45, 7) is 8.48. The lowest BCUT2D eigenvalue weighted by molar-refractivity contribution is -0.144. The Morgan fingerprint density at radius 3 is 2.19 bits per heavy atom. The Morgan fingerprint density at radius 2 is 1.67 bits per heavy atom. The Bertz CT molecular complexity index is 521. The lowest BCUT2D eigenvalue weighted by Crippen LogP contribution is -2.59. The number of hydrogen-bond donors (Lipinski definition) is 3. The topological polar surface area (TPSA) is 114 Å². The number of ether oxygens (including phenoxy) is 2. The van der Waals surface area contributed by atoms with E-state index in [0.717, 1.165) is 12.8 Å². The van der Waals surface area contributed by atoms with Gasteiger partial charge in [0.05, 0.1) is 6.61 Å². The van der Waals surface area contributed by atoms with E-state index in [9.17, 15) is 19.5 Å². The highest BCUT2D eigenvalue weighted by atomic mass is 16.6. The molecular formula is C19H34N2O6. The third kappa shape index (κ3) is 9.08. The monoisotopic (exact) mass is 386 g/mol. The normalized spacial score (nSPS) is 17.1. The first-order valence-electron chi connectivity index (χ1n) is 9.53. The van der Waals surface area contributed by atoms with Gasteiger partial charge in [-0.1, -0.05) is 19.3 Å². The zero-order valence-corrected chi connectivity index (χ0v) is 17.1. The fourth-order valence-electron chi connectivity index (χ4n) is 2.84. The predicted octanol–water partition coefficient (Wildman–Crippen LogP) is 2.46. The zero-order chi connectivity index (χ0) is 20.7. The molecule has 156 valence electrons. The Morgan fingerprint density at radius 1 is 1.07 bits per heavy atom. The Kier molecular flexibility index (Phi) is 8.53. The van der Waals surface area contributed by atoms with Crippen LogP contribution < -0.4 is 10.6 Å². The molecule has 0 radical (unpaired) electrons. The summed E-state index contributed by atoms with van der Waals surface area (Å²) in [5, 5.41) is 14.2. The minimum Gasteiger partial charge on any atom is -0.480 e. The number of carbonyl (C=O) groups excluding carboxylic acids is 2. The lowest BCUT2D eigenvalue weighted by atomic mass is 9.90. The number of alkyl carbamates (subject to hydrolysis) is 1. The first kappa shape index (κ1) is 23.2. The fourth-order valence-corrected chi connectivity index (χ4v) is 2.84. The van der Waals surface area contributed by atoms with Crippen molar-refractivity contribution in [1.82, 2.24) is 10.6 Å². The van der Waals surface area contributed by atoms with Crippen LogP contribution in [0.3, 0.4) is 0 Å². The molecule has 1 fully saturated rings. The van der Waals surface area contributed by atoms with Gasteiger partial charge in [-0.2, -0.15) is 0 Å². The van der Waals surface area contributed by atoms with E-state index < -0.39 is 35.2 Å². The lowest BCUT2D eigenvalue weighted by Gasteiger charge is -2.29. The van der Waals surface area contributed by atoms with Gasteiger partial charge in [0, 0.05) is 6.61 Å².